The van der Waals surface area contributed by atoms with Gasteiger partial charge < -0.3 is 24.3 Å². The average molecular weight is 541 g/mol. The van der Waals surface area contributed by atoms with E-state index in [9.17, 15) is 0 Å². The molecule has 5 heterocycles. The van der Waals surface area contributed by atoms with E-state index in [4.69, 9.17) is 9.47 Å². The Morgan fingerprint density at radius 2 is 1.57 bits per heavy atom. The Bertz CT molecular complexity index is 1430. The highest BCUT2D eigenvalue weighted by molar-refractivity contribution is 6.08. The molecule has 0 amide bonds. The standard InChI is InChI=1S/C32H40N6O2/c1-36-30-6-9-34-22-29(30)28-4-2-23(18-31(28)36)24-3-5-32(35-21-24)40-27-19-26(20-27)39-25-7-12-37(13-8-25)16-17-38-14-10-33-11-15-38/h2-6,9,18,21-22,25-27,33H,7-8,10-17,19-20H2,1H3. The van der Waals surface area contributed by atoms with Gasteiger partial charge in [-0.3, -0.25) is 9.88 Å². The van der Waals surface area contributed by atoms with Crippen molar-refractivity contribution < 1.29 is 9.47 Å². The summed E-state index contributed by atoms with van der Waals surface area (Å²) in [5.41, 5.74) is 4.63. The molecule has 2 aliphatic heterocycles. The maximum Gasteiger partial charge on any atom is 0.213 e. The number of pyridine rings is 2. The summed E-state index contributed by atoms with van der Waals surface area (Å²) in [4.78, 5) is 14.1. The van der Waals surface area contributed by atoms with Gasteiger partial charge in [0.05, 0.1) is 17.7 Å². The maximum absolute atomic E-state index is 6.43. The molecule has 1 saturated carbocycles. The van der Waals surface area contributed by atoms with Gasteiger partial charge in [0.2, 0.25) is 5.88 Å². The van der Waals surface area contributed by atoms with Gasteiger partial charge in [-0.2, -0.15) is 0 Å². The van der Waals surface area contributed by atoms with Crippen molar-refractivity contribution in [2.24, 2.45) is 7.05 Å². The predicted molar refractivity (Wildman–Crippen MR) is 159 cm³/mol. The van der Waals surface area contributed by atoms with E-state index in [0.29, 0.717) is 18.1 Å². The number of aryl methyl sites for hydroxylation is 1. The van der Waals surface area contributed by atoms with Crippen molar-refractivity contribution in [3.63, 3.8) is 0 Å². The van der Waals surface area contributed by atoms with E-state index in [-0.39, 0.29) is 6.10 Å². The number of likely N-dealkylation sites (tertiary alicyclic amines) is 1. The van der Waals surface area contributed by atoms with Gasteiger partial charge in [0, 0.05) is 119 Å². The minimum absolute atomic E-state index is 0.197. The topological polar surface area (TPSA) is 67.7 Å². The van der Waals surface area contributed by atoms with Gasteiger partial charge >= 0.3 is 0 Å². The highest BCUT2D eigenvalue weighted by atomic mass is 16.5. The first-order valence-electron chi connectivity index (χ1n) is 15.0. The summed E-state index contributed by atoms with van der Waals surface area (Å²) in [6.45, 7) is 9.33. The molecular formula is C32H40N6O2. The molecule has 0 bridgehead atoms. The number of nitrogens with zero attached hydrogens (tertiary/aromatic N) is 5. The van der Waals surface area contributed by atoms with Gasteiger partial charge in [-0.15, -0.1) is 0 Å². The number of hydrogen-bond donors (Lipinski definition) is 1. The Morgan fingerprint density at radius 1 is 0.800 bits per heavy atom. The van der Waals surface area contributed by atoms with Crippen molar-refractivity contribution in [3.8, 4) is 17.0 Å². The Morgan fingerprint density at radius 3 is 2.35 bits per heavy atom. The number of piperidine rings is 1. The fraction of sp³-hybridized carbons (Fsp3) is 0.500. The van der Waals surface area contributed by atoms with Crippen LogP contribution in [0, 0.1) is 0 Å². The Hall–Kier alpha value is -3.04. The second-order valence-electron chi connectivity index (χ2n) is 11.7. The first kappa shape index (κ1) is 25.9. The van der Waals surface area contributed by atoms with E-state index in [1.165, 1.54) is 48.0 Å². The van der Waals surface area contributed by atoms with Crippen molar-refractivity contribution in [1.29, 1.82) is 0 Å². The molecule has 0 atom stereocenters. The van der Waals surface area contributed by atoms with Crippen molar-refractivity contribution >= 4 is 21.8 Å². The third-order valence-electron chi connectivity index (χ3n) is 9.08. The SMILES string of the molecule is Cn1c2ccncc2c2ccc(-c3ccc(OC4CC(OC5CCN(CCN6CCNCC6)CC5)C4)nc3)cc21. The van der Waals surface area contributed by atoms with Crippen LogP contribution in [0.1, 0.15) is 25.7 Å². The van der Waals surface area contributed by atoms with Gasteiger partial charge in [0.15, 0.2) is 0 Å². The van der Waals surface area contributed by atoms with E-state index in [0.717, 1.165) is 63.0 Å². The fourth-order valence-electron chi connectivity index (χ4n) is 6.51. The number of rotatable bonds is 8. The van der Waals surface area contributed by atoms with E-state index in [1.807, 2.05) is 24.7 Å². The number of benzene rings is 1. The van der Waals surface area contributed by atoms with Crippen LogP contribution in [0.3, 0.4) is 0 Å². The predicted octanol–water partition coefficient (Wildman–Crippen LogP) is 4.08. The monoisotopic (exact) mass is 540 g/mol. The molecule has 210 valence electrons. The van der Waals surface area contributed by atoms with Gasteiger partial charge in [-0.25, -0.2) is 4.98 Å². The zero-order valence-electron chi connectivity index (χ0n) is 23.5. The second-order valence-corrected chi connectivity index (χ2v) is 11.7. The Kier molecular flexibility index (Phi) is 7.41. The molecule has 1 aromatic carbocycles. The number of aromatic nitrogens is 3. The first-order chi connectivity index (χ1) is 19.7. The van der Waals surface area contributed by atoms with Gasteiger partial charge in [-0.05, 0) is 36.6 Å². The van der Waals surface area contributed by atoms with Crippen LogP contribution >= 0.6 is 0 Å². The lowest BCUT2D eigenvalue weighted by Crippen LogP contribution is -2.48. The molecule has 3 aliphatic rings. The molecule has 1 N–H and O–H groups in total. The average Bonchev–Trinajstić information content (AvgIpc) is 3.28. The minimum atomic E-state index is 0.197. The van der Waals surface area contributed by atoms with Crippen molar-refractivity contribution in [1.82, 2.24) is 29.7 Å². The van der Waals surface area contributed by atoms with Gasteiger partial charge in [0.1, 0.15) is 6.10 Å². The molecule has 8 heteroatoms. The van der Waals surface area contributed by atoms with E-state index in [2.05, 4.69) is 67.0 Å². The molecule has 8 nitrogen and oxygen atoms in total. The summed E-state index contributed by atoms with van der Waals surface area (Å²) in [7, 11) is 2.11. The van der Waals surface area contributed by atoms with Gasteiger partial charge in [-0.1, -0.05) is 12.1 Å². The van der Waals surface area contributed by atoms with Crippen LogP contribution < -0.4 is 10.1 Å². The number of fused-ring (bicyclic) bond motifs is 3. The smallest absolute Gasteiger partial charge is 0.213 e. The lowest BCUT2D eigenvalue weighted by atomic mass is 9.91. The van der Waals surface area contributed by atoms with E-state index in [1.54, 1.807) is 0 Å². The Labute approximate surface area is 236 Å². The van der Waals surface area contributed by atoms with Crippen LogP contribution in [-0.4, -0.2) is 95.0 Å². The van der Waals surface area contributed by atoms with Crippen molar-refractivity contribution in [3.05, 3.63) is 55.0 Å². The number of ether oxygens (including phenoxy) is 2. The fourth-order valence-corrected chi connectivity index (χ4v) is 6.51. The van der Waals surface area contributed by atoms with E-state index >= 15 is 0 Å². The number of nitrogens with one attached hydrogen (secondary N) is 1. The summed E-state index contributed by atoms with van der Waals surface area (Å²) >= 11 is 0. The molecule has 0 radical (unpaired) electrons. The van der Waals surface area contributed by atoms with Crippen LogP contribution in [0.4, 0.5) is 0 Å². The minimum Gasteiger partial charge on any atom is -0.474 e. The van der Waals surface area contributed by atoms with Crippen LogP contribution in [-0.2, 0) is 11.8 Å². The number of hydrogen-bond acceptors (Lipinski definition) is 7. The first-order valence-corrected chi connectivity index (χ1v) is 15.0. The maximum atomic E-state index is 6.43. The summed E-state index contributed by atoms with van der Waals surface area (Å²) in [6, 6.07) is 12.8. The van der Waals surface area contributed by atoms with Crippen LogP contribution in [0.2, 0.25) is 0 Å². The lowest BCUT2D eigenvalue weighted by molar-refractivity contribution is -0.111. The molecule has 2 saturated heterocycles. The Balaban J connectivity index is 0.867. The zero-order chi connectivity index (χ0) is 26.9. The third-order valence-corrected chi connectivity index (χ3v) is 9.08. The molecule has 0 unspecified atom stereocenters. The van der Waals surface area contributed by atoms with Crippen molar-refractivity contribution in [2.75, 3.05) is 52.4 Å². The summed E-state index contributed by atoms with van der Waals surface area (Å²) in [6.07, 6.45) is 10.8. The summed E-state index contributed by atoms with van der Waals surface area (Å²) in [5, 5.41) is 5.84. The van der Waals surface area contributed by atoms with Gasteiger partial charge in [0.25, 0.3) is 0 Å². The summed E-state index contributed by atoms with van der Waals surface area (Å²) in [5.74, 6) is 0.696. The number of piperazine rings is 1. The highest BCUT2D eigenvalue weighted by Gasteiger charge is 2.34. The molecule has 3 fully saturated rings. The van der Waals surface area contributed by atoms with Crippen LogP contribution in [0.15, 0.2) is 55.0 Å². The second kappa shape index (κ2) is 11.4. The largest absolute Gasteiger partial charge is 0.474 e. The quantitative estimate of drug-likeness (QED) is 0.361. The molecule has 7 rings (SSSR count). The highest BCUT2D eigenvalue weighted by Crippen LogP contribution is 2.33. The molecule has 3 aromatic heterocycles. The third kappa shape index (κ3) is 5.46. The van der Waals surface area contributed by atoms with E-state index < -0.39 is 0 Å². The lowest BCUT2D eigenvalue weighted by Gasteiger charge is -2.40. The molecule has 0 spiro atoms. The molecule has 4 aromatic rings. The molecular weight excluding hydrogens is 500 g/mol. The van der Waals surface area contributed by atoms with Crippen LogP contribution in [0.25, 0.3) is 32.9 Å². The zero-order valence-corrected chi connectivity index (χ0v) is 23.5. The molecule has 1 aliphatic carbocycles. The normalized spacial score (nSPS) is 23.0. The molecule has 40 heavy (non-hydrogen) atoms. The van der Waals surface area contributed by atoms with Crippen LogP contribution in [0.5, 0.6) is 5.88 Å². The summed E-state index contributed by atoms with van der Waals surface area (Å²) < 4.78 is 14.8. The van der Waals surface area contributed by atoms with Crippen molar-refractivity contribution in [2.45, 2.75) is 44.0 Å².